The number of benzene rings is 1. The lowest BCUT2D eigenvalue weighted by Gasteiger charge is -2.19. The predicted octanol–water partition coefficient (Wildman–Crippen LogP) is 4.63. The van der Waals surface area contributed by atoms with Gasteiger partial charge in [-0.3, -0.25) is 0 Å². The van der Waals surface area contributed by atoms with Gasteiger partial charge in [-0.15, -0.1) is 0 Å². The standard InChI is InChI=1S/C14H19F3O2/c1-5-6-9(2)10-7-13(19-4)11(14(15,16)17)8-12(10)18-3/h7-9H,5-6H2,1-4H3/t9-/m0/s1. The van der Waals surface area contributed by atoms with Crippen LogP contribution in [0.5, 0.6) is 11.5 Å². The maximum Gasteiger partial charge on any atom is 0.420 e. The van der Waals surface area contributed by atoms with Gasteiger partial charge < -0.3 is 9.47 Å². The molecule has 19 heavy (non-hydrogen) atoms. The summed E-state index contributed by atoms with van der Waals surface area (Å²) in [6, 6.07) is 2.45. The zero-order valence-electron chi connectivity index (χ0n) is 11.6. The Balaban J connectivity index is 3.35. The summed E-state index contributed by atoms with van der Waals surface area (Å²) in [4.78, 5) is 0. The van der Waals surface area contributed by atoms with Crippen LogP contribution in [-0.4, -0.2) is 14.2 Å². The number of ether oxygens (including phenoxy) is 2. The van der Waals surface area contributed by atoms with Crippen molar-refractivity contribution in [3.05, 3.63) is 23.3 Å². The summed E-state index contributed by atoms with van der Waals surface area (Å²) < 4.78 is 48.6. The van der Waals surface area contributed by atoms with Gasteiger partial charge >= 0.3 is 6.18 Å². The van der Waals surface area contributed by atoms with Crippen molar-refractivity contribution < 1.29 is 22.6 Å². The molecule has 0 aliphatic rings. The van der Waals surface area contributed by atoms with E-state index in [0.29, 0.717) is 0 Å². The highest BCUT2D eigenvalue weighted by Crippen LogP contribution is 2.42. The minimum Gasteiger partial charge on any atom is -0.496 e. The molecule has 0 radical (unpaired) electrons. The molecule has 0 N–H and O–H groups in total. The minimum absolute atomic E-state index is 0.121. The van der Waals surface area contributed by atoms with Gasteiger partial charge in [-0.25, -0.2) is 0 Å². The van der Waals surface area contributed by atoms with Crippen molar-refractivity contribution in [1.82, 2.24) is 0 Å². The first kappa shape index (κ1) is 15.7. The van der Waals surface area contributed by atoms with Crippen LogP contribution in [0.2, 0.25) is 0 Å². The molecular weight excluding hydrogens is 257 g/mol. The lowest BCUT2D eigenvalue weighted by Crippen LogP contribution is -2.10. The van der Waals surface area contributed by atoms with Crippen LogP contribution >= 0.6 is 0 Å². The molecule has 5 heteroatoms. The Kier molecular flexibility index (Phi) is 5.09. The van der Waals surface area contributed by atoms with Gasteiger partial charge in [0.2, 0.25) is 0 Å². The summed E-state index contributed by atoms with van der Waals surface area (Å²) in [7, 11) is 2.62. The molecule has 0 aliphatic carbocycles. The monoisotopic (exact) mass is 276 g/mol. The summed E-state index contributed by atoms with van der Waals surface area (Å²) in [6.45, 7) is 4.00. The Labute approximate surface area is 111 Å². The molecular formula is C14H19F3O2. The van der Waals surface area contributed by atoms with Crippen LogP contribution < -0.4 is 9.47 Å². The van der Waals surface area contributed by atoms with Gasteiger partial charge in [0.25, 0.3) is 0 Å². The van der Waals surface area contributed by atoms with Gasteiger partial charge in [0.05, 0.1) is 14.2 Å². The quantitative estimate of drug-likeness (QED) is 0.780. The number of rotatable bonds is 5. The first-order valence-corrected chi connectivity index (χ1v) is 6.18. The highest BCUT2D eigenvalue weighted by molar-refractivity contribution is 5.49. The van der Waals surface area contributed by atoms with E-state index in [1.54, 1.807) is 0 Å². The van der Waals surface area contributed by atoms with Gasteiger partial charge in [0, 0.05) is 5.56 Å². The third-order valence-electron chi connectivity index (χ3n) is 3.11. The first-order chi connectivity index (χ1) is 8.85. The number of hydrogen-bond donors (Lipinski definition) is 0. The number of halogens is 3. The maximum absolute atomic E-state index is 12.9. The van der Waals surface area contributed by atoms with Crippen molar-refractivity contribution in [2.75, 3.05) is 14.2 Å². The number of methoxy groups -OCH3 is 2. The van der Waals surface area contributed by atoms with E-state index < -0.39 is 11.7 Å². The van der Waals surface area contributed by atoms with Crippen LogP contribution in [0.4, 0.5) is 13.2 Å². The molecule has 0 bridgehead atoms. The molecule has 1 atom stereocenters. The Bertz CT molecular complexity index is 427. The summed E-state index contributed by atoms with van der Waals surface area (Å²) in [5, 5.41) is 0. The van der Waals surface area contributed by atoms with Crippen LogP contribution in [0.25, 0.3) is 0 Å². The molecule has 0 fully saturated rings. The largest absolute Gasteiger partial charge is 0.496 e. The second-order valence-corrected chi connectivity index (χ2v) is 4.48. The Hall–Kier alpha value is -1.39. The second-order valence-electron chi connectivity index (χ2n) is 4.48. The third kappa shape index (κ3) is 3.55. The van der Waals surface area contributed by atoms with Gasteiger partial charge in [0.15, 0.2) is 0 Å². The number of hydrogen-bond acceptors (Lipinski definition) is 2. The van der Waals surface area contributed by atoms with Crippen molar-refractivity contribution in [2.45, 2.75) is 38.8 Å². The molecule has 0 amide bonds. The van der Waals surface area contributed by atoms with E-state index in [2.05, 4.69) is 0 Å². The number of alkyl halides is 3. The van der Waals surface area contributed by atoms with E-state index in [0.717, 1.165) is 24.5 Å². The summed E-state index contributed by atoms with van der Waals surface area (Å²) in [6.07, 6.45) is -2.62. The smallest absolute Gasteiger partial charge is 0.420 e. The molecule has 1 aromatic carbocycles. The van der Waals surface area contributed by atoms with E-state index in [9.17, 15) is 13.2 Å². The van der Waals surface area contributed by atoms with E-state index in [-0.39, 0.29) is 17.4 Å². The predicted molar refractivity (Wildman–Crippen MR) is 67.9 cm³/mol. The minimum atomic E-state index is -4.45. The van der Waals surface area contributed by atoms with Crippen molar-refractivity contribution >= 4 is 0 Å². The fraction of sp³-hybridized carbons (Fsp3) is 0.571. The molecule has 0 saturated heterocycles. The van der Waals surface area contributed by atoms with E-state index in [1.165, 1.54) is 20.3 Å². The SMILES string of the molecule is CCC[C@H](C)c1cc(OC)c(C(F)(F)F)cc1OC. The fourth-order valence-electron chi connectivity index (χ4n) is 2.12. The molecule has 0 aliphatic heterocycles. The van der Waals surface area contributed by atoms with E-state index >= 15 is 0 Å². The summed E-state index contributed by atoms with van der Waals surface area (Å²) in [5.74, 6) is 0.219. The molecule has 0 spiro atoms. The summed E-state index contributed by atoms with van der Waals surface area (Å²) in [5.41, 5.74) is -0.0616. The molecule has 2 nitrogen and oxygen atoms in total. The fourth-order valence-corrected chi connectivity index (χ4v) is 2.12. The van der Waals surface area contributed by atoms with Crippen LogP contribution in [0.15, 0.2) is 12.1 Å². The Morgan fingerprint density at radius 3 is 2.11 bits per heavy atom. The zero-order chi connectivity index (χ0) is 14.6. The maximum atomic E-state index is 12.9. The zero-order valence-corrected chi connectivity index (χ0v) is 11.6. The van der Waals surface area contributed by atoms with Crippen LogP contribution in [-0.2, 0) is 6.18 Å². The molecule has 1 aromatic rings. The lowest BCUT2D eigenvalue weighted by atomic mass is 9.94. The van der Waals surface area contributed by atoms with Crippen LogP contribution in [0, 0.1) is 0 Å². The van der Waals surface area contributed by atoms with Crippen molar-refractivity contribution in [2.24, 2.45) is 0 Å². The molecule has 1 rings (SSSR count). The Morgan fingerprint density at radius 1 is 1.11 bits per heavy atom. The van der Waals surface area contributed by atoms with Gasteiger partial charge in [-0.1, -0.05) is 20.3 Å². The molecule has 0 saturated carbocycles. The Morgan fingerprint density at radius 2 is 1.68 bits per heavy atom. The van der Waals surface area contributed by atoms with Crippen molar-refractivity contribution in [1.29, 1.82) is 0 Å². The third-order valence-corrected chi connectivity index (χ3v) is 3.11. The van der Waals surface area contributed by atoms with Gasteiger partial charge in [0.1, 0.15) is 17.1 Å². The molecule has 108 valence electrons. The summed E-state index contributed by atoms with van der Waals surface area (Å²) >= 11 is 0. The van der Waals surface area contributed by atoms with Crippen molar-refractivity contribution in [3.8, 4) is 11.5 Å². The first-order valence-electron chi connectivity index (χ1n) is 6.18. The average molecular weight is 276 g/mol. The second kappa shape index (κ2) is 6.17. The molecule has 0 aromatic heterocycles. The van der Waals surface area contributed by atoms with Crippen molar-refractivity contribution in [3.63, 3.8) is 0 Å². The lowest BCUT2D eigenvalue weighted by molar-refractivity contribution is -0.138. The van der Waals surface area contributed by atoms with Crippen LogP contribution in [0.1, 0.15) is 43.7 Å². The highest BCUT2D eigenvalue weighted by atomic mass is 19.4. The van der Waals surface area contributed by atoms with Gasteiger partial charge in [-0.05, 0) is 24.5 Å². The average Bonchev–Trinajstić information content (AvgIpc) is 2.36. The molecule has 0 heterocycles. The van der Waals surface area contributed by atoms with E-state index in [1.807, 2.05) is 13.8 Å². The van der Waals surface area contributed by atoms with Crippen LogP contribution in [0.3, 0.4) is 0 Å². The van der Waals surface area contributed by atoms with E-state index in [4.69, 9.17) is 9.47 Å². The van der Waals surface area contributed by atoms with Gasteiger partial charge in [-0.2, -0.15) is 13.2 Å². The highest BCUT2D eigenvalue weighted by Gasteiger charge is 2.35. The molecule has 0 unspecified atom stereocenters. The topological polar surface area (TPSA) is 18.5 Å². The normalized spacial score (nSPS) is 13.2.